The fourth-order valence-electron chi connectivity index (χ4n) is 2.01. The van der Waals surface area contributed by atoms with Crippen LogP contribution in [-0.2, 0) is 11.3 Å². The molecule has 114 valence electrons. The Morgan fingerprint density at radius 1 is 1.05 bits per heavy atom. The highest BCUT2D eigenvalue weighted by atomic mass is 16.5. The van der Waals surface area contributed by atoms with Crippen LogP contribution in [0.3, 0.4) is 0 Å². The standard InChI is InChI=1S/C18H19NO3/c1-14(20)16-9-6-10-17(11-16)22-13-18(21)19(2)12-15-7-4-3-5-8-15/h3-11H,12-13H2,1-2H3. The smallest absolute Gasteiger partial charge is 0.260 e. The molecule has 0 spiro atoms. The second-order valence-electron chi connectivity index (χ2n) is 5.11. The van der Waals surface area contributed by atoms with Crippen molar-refractivity contribution in [1.82, 2.24) is 4.90 Å². The van der Waals surface area contributed by atoms with Crippen molar-refractivity contribution in [2.24, 2.45) is 0 Å². The van der Waals surface area contributed by atoms with Crippen molar-refractivity contribution >= 4 is 11.7 Å². The van der Waals surface area contributed by atoms with Crippen LogP contribution in [0.2, 0.25) is 0 Å². The Morgan fingerprint density at radius 3 is 2.45 bits per heavy atom. The second kappa shape index (κ2) is 7.41. The molecular weight excluding hydrogens is 278 g/mol. The van der Waals surface area contributed by atoms with Gasteiger partial charge in [0.1, 0.15) is 5.75 Å². The number of carbonyl (C=O) groups excluding carboxylic acids is 2. The van der Waals surface area contributed by atoms with Crippen LogP contribution in [0, 0.1) is 0 Å². The van der Waals surface area contributed by atoms with Crippen molar-refractivity contribution in [3.05, 3.63) is 65.7 Å². The lowest BCUT2D eigenvalue weighted by Gasteiger charge is -2.17. The maximum absolute atomic E-state index is 12.1. The zero-order valence-corrected chi connectivity index (χ0v) is 12.8. The van der Waals surface area contributed by atoms with Crippen LogP contribution in [0.5, 0.6) is 5.75 Å². The minimum absolute atomic E-state index is 0.0297. The number of rotatable bonds is 6. The number of hydrogen-bond donors (Lipinski definition) is 0. The summed E-state index contributed by atoms with van der Waals surface area (Å²) in [7, 11) is 1.74. The number of likely N-dealkylation sites (N-methyl/N-ethyl adjacent to an activating group) is 1. The number of carbonyl (C=O) groups is 2. The van der Waals surface area contributed by atoms with Crippen molar-refractivity contribution in [2.75, 3.05) is 13.7 Å². The first-order valence-corrected chi connectivity index (χ1v) is 7.08. The molecule has 0 atom stereocenters. The highest BCUT2D eigenvalue weighted by Crippen LogP contribution is 2.14. The van der Waals surface area contributed by atoms with Gasteiger partial charge in [0.05, 0.1) is 0 Å². The summed E-state index contributed by atoms with van der Waals surface area (Å²) in [5.74, 6) is 0.379. The lowest BCUT2D eigenvalue weighted by molar-refractivity contribution is -0.132. The quantitative estimate of drug-likeness (QED) is 0.770. The van der Waals surface area contributed by atoms with Crippen LogP contribution >= 0.6 is 0 Å². The van der Waals surface area contributed by atoms with Gasteiger partial charge in [-0.15, -0.1) is 0 Å². The van der Waals surface area contributed by atoms with E-state index in [-0.39, 0.29) is 18.3 Å². The van der Waals surface area contributed by atoms with Crippen molar-refractivity contribution < 1.29 is 14.3 Å². The molecular formula is C18H19NO3. The summed E-state index contributed by atoms with van der Waals surface area (Å²) in [5.41, 5.74) is 1.64. The van der Waals surface area contributed by atoms with E-state index in [9.17, 15) is 9.59 Å². The van der Waals surface area contributed by atoms with Crippen LogP contribution in [0.15, 0.2) is 54.6 Å². The van der Waals surface area contributed by atoms with Gasteiger partial charge < -0.3 is 9.64 Å². The molecule has 0 fully saturated rings. The second-order valence-corrected chi connectivity index (χ2v) is 5.11. The molecule has 0 saturated carbocycles. The minimum atomic E-state index is -0.114. The molecule has 0 aliphatic rings. The first-order chi connectivity index (χ1) is 10.6. The zero-order valence-electron chi connectivity index (χ0n) is 12.8. The van der Waals surface area contributed by atoms with E-state index in [0.29, 0.717) is 17.9 Å². The summed E-state index contributed by atoms with van der Waals surface area (Å²) in [6.07, 6.45) is 0. The Labute approximate surface area is 130 Å². The van der Waals surface area contributed by atoms with E-state index in [4.69, 9.17) is 4.74 Å². The molecule has 0 aromatic heterocycles. The van der Waals surface area contributed by atoms with Gasteiger partial charge in [0.25, 0.3) is 5.91 Å². The molecule has 0 bridgehead atoms. The van der Waals surface area contributed by atoms with Crippen molar-refractivity contribution in [3.8, 4) is 5.75 Å². The summed E-state index contributed by atoms with van der Waals surface area (Å²) in [6, 6.07) is 16.6. The average molecular weight is 297 g/mol. The third-order valence-corrected chi connectivity index (χ3v) is 3.29. The van der Waals surface area contributed by atoms with Crippen LogP contribution in [0.25, 0.3) is 0 Å². The fourth-order valence-corrected chi connectivity index (χ4v) is 2.01. The zero-order chi connectivity index (χ0) is 15.9. The molecule has 0 unspecified atom stereocenters. The van der Waals surface area contributed by atoms with Gasteiger partial charge in [-0.25, -0.2) is 0 Å². The molecule has 0 radical (unpaired) electrons. The van der Waals surface area contributed by atoms with Gasteiger partial charge in [0.2, 0.25) is 0 Å². The number of nitrogens with zero attached hydrogens (tertiary/aromatic N) is 1. The molecule has 0 aliphatic heterocycles. The van der Waals surface area contributed by atoms with E-state index in [0.717, 1.165) is 5.56 Å². The summed E-state index contributed by atoms with van der Waals surface area (Å²) in [4.78, 5) is 25.0. The van der Waals surface area contributed by atoms with E-state index in [1.165, 1.54) is 6.92 Å². The predicted molar refractivity (Wildman–Crippen MR) is 84.9 cm³/mol. The van der Waals surface area contributed by atoms with Crippen LogP contribution in [-0.4, -0.2) is 30.2 Å². The molecule has 0 N–H and O–H groups in total. The highest BCUT2D eigenvalue weighted by Gasteiger charge is 2.10. The number of Topliss-reactive ketones (excluding diaryl/α,β-unsaturated/α-hetero) is 1. The van der Waals surface area contributed by atoms with Crippen LogP contribution in [0.4, 0.5) is 0 Å². The lowest BCUT2D eigenvalue weighted by atomic mass is 10.1. The van der Waals surface area contributed by atoms with Crippen LogP contribution < -0.4 is 4.74 Å². The topological polar surface area (TPSA) is 46.6 Å². The van der Waals surface area contributed by atoms with Crippen LogP contribution in [0.1, 0.15) is 22.8 Å². The van der Waals surface area contributed by atoms with Gasteiger partial charge in [-0.1, -0.05) is 42.5 Å². The average Bonchev–Trinajstić information content (AvgIpc) is 2.53. The van der Waals surface area contributed by atoms with Gasteiger partial charge >= 0.3 is 0 Å². The van der Waals surface area contributed by atoms with Gasteiger partial charge in [0, 0.05) is 19.2 Å². The summed E-state index contributed by atoms with van der Waals surface area (Å²) in [5, 5.41) is 0. The van der Waals surface area contributed by atoms with Gasteiger partial charge in [-0.2, -0.15) is 0 Å². The van der Waals surface area contributed by atoms with Gasteiger partial charge in [-0.3, -0.25) is 9.59 Å². The van der Waals surface area contributed by atoms with E-state index >= 15 is 0 Å². The molecule has 2 rings (SSSR count). The maximum atomic E-state index is 12.1. The number of benzene rings is 2. The lowest BCUT2D eigenvalue weighted by Crippen LogP contribution is -2.30. The fraction of sp³-hybridized carbons (Fsp3) is 0.222. The van der Waals surface area contributed by atoms with Gasteiger partial charge in [-0.05, 0) is 24.6 Å². The van der Waals surface area contributed by atoms with Crippen molar-refractivity contribution in [1.29, 1.82) is 0 Å². The third-order valence-electron chi connectivity index (χ3n) is 3.29. The number of ketones is 1. The molecule has 2 aromatic rings. The summed E-state index contributed by atoms with van der Waals surface area (Å²) < 4.78 is 5.47. The highest BCUT2D eigenvalue weighted by molar-refractivity contribution is 5.94. The summed E-state index contributed by atoms with van der Waals surface area (Å²) >= 11 is 0. The molecule has 0 saturated heterocycles. The Morgan fingerprint density at radius 2 is 1.77 bits per heavy atom. The van der Waals surface area contributed by atoms with E-state index in [2.05, 4.69) is 0 Å². The monoisotopic (exact) mass is 297 g/mol. The molecule has 4 nitrogen and oxygen atoms in total. The van der Waals surface area contributed by atoms with Crippen molar-refractivity contribution in [3.63, 3.8) is 0 Å². The Kier molecular flexibility index (Phi) is 5.31. The Bertz CT molecular complexity index is 652. The molecule has 4 heteroatoms. The predicted octanol–water partition coefficient (Wildman–Crippen LogP) is 2.93. The van der Waals surface area contributed by atoms with Gasteiger partial charge in [0.15, 0.2) is 12.4 Å². The number of amides is 1. The number of ether oxygens (including phenoxy) is 1. The first-order valence-electron chi connectivity index (χ1n) is 7.08. The largest absolute Gasteiger partial charge is 0.484 e. The van der Waals surface area contributed by atoms with E-state index in [1.54, 1.807) is 36.2 Å². The molecule has 0 heterocycles. The SMILES string of the molecule is CC(=O)c1cccc(OCC(=O)N(C)Cc2ccccc2)c1. The third kappa shape index (κ3) is 4.45. The molecule has 2 aromatic carbocycles. The van der Waals surface area contributed by atoms with E-state index < -0.39 is 0 Å². The Balaban J connectivity index is 1.89. The van der Waals surface area contributed by atoms with Crippen molar-refractivity contribution in [2.45, 2.75) is 13.5 Å². The molecule has 22 heavy (non-hydrogen) atoms. The maximum Gasteiger partial charge on any atom is 0.260 e. The first kappa shape index (κ1) is 15.8. The summed E-state index contributed by atoms with van der Waals surface area (Å²) in [6.45, 7) is 1.99. The normalized spacial score (nSPS) is 10.1. The molecule has 1 amide bonds. The Hall–Kier alpha value is -2.62. The van der Waals surface area contributed by atoms with E-state index in [1.807, 2.05) is 30.3 Å². The molecule has 0 aliphatic carbocycles. The number of hydrogen-bond acceptors (Lipinski definition) is 3. The minimum Gasteiger partial charge on any atom is -0.484 e.